The molecule has 1 aliphatic rings. The molecular weight excluding hydrogens is 416 g/mol. The summed E-state index contributed by atoms with van der Waals surface area (Å²) in [5.41, 5.74) is 2.56. The first-order chi connectivity index (χ1) is 15.9. The summed E-state index contributed by atoms with van der Waals surface area (Å²) in [6.07, 6.45) is 5.25. The molecule has 3 heterocycles. The maximum absolute atomic E-state index is 13.1. The number of aryl methyl sites for hydroxylation is 1. The predicted molar refractivity (Wildman–Crippen MR) is 129 cm³/mol. The number of aromatic amines is 1. The molecule has 33 heavy (non-hydrogen) atoms. The highest BCUT2D eigenvalue weighted by molar-refractivity contribution is 6.45. The second kappa shape index (κ2) is 10.9. The SMILES string of the molecule is CCC.CCc1ccnc2[nH]cc(C(=O)C(=O)N3CCN(C(=O)c4ccccc4)C[C@H]3C)c12. The van der Waals surface area contributed by atoms with E-state index in [0.29, 0.717) is 41.8 Å². The lowest BCUT2D eigenvalue weighted by molar-refractivity contribution is -0.130. The molecular formula is C26H32N4O3. The topological polar surface area (TPSA) is 86.4 Å². The Morgan fingerprint density at radius 3 is 2.39 bits per heavy atom. The zero-order valence-corrected chi connectivity index (χ0v) is 19.8. The van der Waals surface area contributed by atoms with Gasteiger partial charge in [0.1, 0.15) is 5.65 Å². The van der Waals surface area contributed by atoms with Crippen LogP contribution in [0.4, 0.5) is 0 Å². The van der Waals surface area contributed by atoms with Crippen molar-refractivity contribution in [2.75, 3.05) is 19.6 Å². The van der Waals surface area contributed by atoms with Crippen LogP contribution in [0.25, 0.3) is 11.0 Å². The van der Waals surface area contributed by atoms with E-state index in [0.717, 1.165) is 12.0 Å². The van der Waals surface area contributed by atoms with Gasteiger partial charge >= 0.3 is 0 Å². The van der Waals surface area contributed by atoms with Gasteiger partial charge in [-0.3, -0.25) is 14.4 Å². The van der Waals surface area contributed by atoms with Crippen LogP contribution in [0.15, 0.2) is 48.8 Å². The minimum atomic E-state index is -0.543. The minimum absolute atomic E-state index is 0.0591. The van der Waals surface area contributed by atoms with Gasteiger partial charge in [0.2, 0.25) is 0 Å². The lowest BCUT2D eigenvalue weighted by Gasteiger charge is -2.39. The molecule has 1 fully saturated rings. The number of hydrogen-bond acceptors (Lipinski definition) is 4. The maximum atomic E-state index is 13.1. The van der Waals surface area contributed by atoms with E-state index in [2.05, 4.69) is 23.8 Å². The van der Waals surface area contributed by atoms with Gasteiger partial charge in [-0.1, -0.05) is 45.4 Å². The van der Waals surface area contributed by atoms with E-state index in [1.807, 2.05) is 38.1 Å². The average Bonchev–Trinajstić information content (AvgIpc) is 3.28. The number of carbonyl (C=O) groups excluding carboxylic acids is 3. The maximum Gasteiger partial charge on any atom is 0.295 e. The number of benzene rings is 1. The first-order valence-corrected chi connectivity index (χ1v) is 11.6. The second-order valence-corrected chi connectivity index (χ2v) is 8.25. The van der Waals surface area contributed by atoms with Gasteiger partial charge in [-0.2, -0.15) is 0 Å². The number of ketones is 1. The summed E-state index contributed by atoms with van der Waals surface area (Å²) in [4.78, 5) is 49.4. The van der Waals surface area contributed by atoms with Crippen molar-refractivity contribution in [1.29, 1.82) is 0 Å². The van der Waals surface area contributed by atoms with E-state index in [-0.39, 0.29) is 11.9 Å². The van der Waals surface area contributed by atoms with Crippen molar-refractivity contribution in [3.8, 4) is 0 Å². The number of rotatable bonds is 4. The number of hydrogen-bond donors (Lipinski definition) is 1. The third-order valence-electron chi connectivity index (χ3n) is 5.68. The molecule has 0 saturated carbocycles. The number of nitrogens with zero attached hydrogens (tertiary/aromatic N) is 3. The van der Waals surface area contributed by atoms with Crippen molar-refractivity contribution in [3.05, 3.63) is 65.5 Å². The molecule has 0 aliphatic carbocycles. The van der Waals surface area contributed by atoms with E-state index < -0.39 is 11.7 Å². The van der Waals surface area contributed by atoms with Crippen molar-refractivity contribution in [1.82, 2.24) is 19.8 Å². The van der Waals surface area contributed by atoms with Gasteiger partial charge in [0.05, 0.1) is 5.56 Å². The number of piperazine rings is 1. The Labute approximate surface area is 194 Å². The summed E-state index contributed by atoms with van der Waals surface area (Å²) in [5.74, 6) is -1.14. The van der Waals surface area contributed by atoms with Gasteiger partial charge in [-0.05, 0) is 37.1 Å². The third kappa shape index (κ3) is 5.13. The minimum Gasteiger partial charge on any atom is -0.345 e. The standard InChI is InChI=1S/C23H24N4O3.C3H8/c1-3-16-9-10-24-21-19(16)18(13-25-21)20(28)23(30)27-12-11-26(14-15(27)2)22(29)17-7-5-4-6-8-17;1-3-2/h4-10,13,15H,3,11-12,14H2,1-2H3,(H,24,25);3H2,1-2H3/t15-;/m1./s1. The summed E-state index contributed by atoms with van der Waals surface area (Å²) in [5, 5.41) is 0.712. The fraction of sp³-hybridized carbons (Fsp3) is 0.385. The summed E-state index contributed by atoms with van der Waals surface area (Å²) in [6, 6.07) is 10.7. The average molecular weight is 449 g/mol. The highest BCUT2D eigenvalue weighted by atomic mass is 16.2. The lowest BCUT2D eigenvalue weighted by Crippen LogP contribution is -2.56. The first kappa shape index (κ1) is 24.2. The molecule has 7 nitrogen and oxygen atoms in total. The number of nitrogens with one attached hydrogen (secondary N) is 1. The van der Waals surface area contributed by atoms with E-state index in [1.165, 1.54) is 6.42 Å². The van der Waals surface area contributed by atoms with Gasteiger partial charge in [0.25, 0.3) is 17.6 Å². The van der Waals surface area contributed by atoms with E-state index >= 15 is 0 Å². The molecule has 1 aliphatic heterocycles. The van der Waals surface area contributed by atoms with Crippen molar-refractivity contribution in [2.45, 2.75) is 46.6 Å². The number of pyridine rings is 1. The van der Waals surface area contributed by atoms with Crippen molar-refractivity contribution >= 4 is 28.6 Å². The number of carbonyl (C=O) groups is 3. The molecule has 174 valence electrons. The first-order valence-electron chi connectivity index (χ1n) is 11.6. The Balaban J connectivity index is 0.000000968. The van der Waals surface area contributed by atoms with Gasteiger partial charge in [-0.25, -0.2) is 4.98 Å². The van der Waals surface area contributed by atoms with Crippen LogP contribution in [0.5, 0.6) is 0 Å². The zero-order valence-electron chi connectivity index (χ0n) is 19.8. The zero-order chi connectivity index (χ0) is 24.0. The number of Topliss-reactive ketones (excluding diaryl/α,β-unsaturated/α-hetero) is 1. The summed E-state index contributed by atoms with van der Waals surface area (Å²) in [6.45, 7) is 9.23. The van der Waals surface area contributed by atoms with Crippen LogP contribution in [-0.2, 0) is 11.2 Å². The van der Waals surface area contributed by atoms with Gasteiger partial charge in [-0.15, -0.1) is 0 Å². The van der Waals surface area contributed by atoms with Crippen molar-refractivity contribution < 1.29 is 14.4 Å². The molecule has 1 atom stereocenters. The second-order valence-electron chi connectivity index (χ2n) is 8.25. The molecule has 4 rings (SSSR count). The highest BCUT2D eigenvalue weighted by Crippen LogP contribution is 2.23. The Bertz CT molecular complexity index is 1120. The molecule has 3 aromatic rings. The molecule has 0 spiro atoms. The number of amides is 2. The van der Waals surface area contributed by atoms with Gasteiger partial charge in [0, 0.05) is 49.0 Å². The predicted octanol–water partition coefficient (Wildman–Crippen LogP) is 4.10. The molecule has 1 N–H and O–H groups in total. The Morgan fingerprint density at radius 2 is 1.76 bits per heavy atom. The summed E-state index contributed by atoms with van der Waals surface area (Å²) < 4.78 is 0. The molecule has 0 bridgehead atoms. The quantitative estimate of drug-likeness (QED) is 0.481. The van der Waals surface area contributed by atoms with Crippen LogP contribution in [0.1, 0.15) is 60.4 Å². The van der Waals surface area contributed by atoms with Crippen LogP contribution in [0.2, 0.25) is 0 Å². The van der Waals surface area contributed by atoms with Crippen LogP contribution in [0, 0.1) is 0 Å². The largest absolute Gasteiger partial charge is 0.345 e. The van der Waals surface area contributed by atoms with Crippen LogP contribution in [0.3, 0.4) is 0 Å². The number of fused-ring (bicyclic) bond motifs is 1. The Morgan fingerprint density at radius 1 is 1.06 bits per heavy atom. The molecule has 2 aromatic heterocycles. The van der Waals surface area contributed by atoms with Gasteiger partial charge < -0.3 is 14.8 Å². The van der Waals surface area contributed by atoms with E-state index in [9.17, 15) is 14.4 Å². The van der Waals surface area contributed by atoms with Crippen molar-refractivity contribution in [3.63, 3.8) is 0 Å². The molecule has 1 saturated heterocycles. The van der Waals surface area contributed by atoms with Crippen LogP contribution < -0.4 is 0 Å². The number of H-pyrrole nitrogens is 1. The Hall–Kier alpha value is -3.48. The van der Waals surface area contributed by atoms with Crippen LogP contribution >= 0.6 is 0 Å². The number of aromatic nitrogens is 2. The fourth-order valence-electron chi connectivity index (χ4n) is 4.05. The smallest absolute Gasteiger partial charge is 0.295 e. The highest BCUT2D eigenvalue weighted by Gasteiger charge is 2.34. The molecule has 0 unspecified atom stereocenters. The van der Waals surface area contributed by atoms with Crippen LogP contribution in [-0.4, -0.2) is 63.0 Å². The normalized spacial score (nSPS) is 15.7. The monoisotopic (exact) mass is 448 g/mol. The van der Waals surface area contributed by atoms with Gasteiger partial charge in [0.15, 0.2) is 0 Å². The molecule has 0 radical (unpaired) electrons. The lowest BCUT2D eigenvalue weighted by atomic mass is 10.0. The molecule has 7 heteroatoms. The molecule has 2 amide bonds. The van der Waals surface area contributed by atoms with E-state index in [4.69, 9.17) is 0 Å². The Kier molecular flexibility index (Phi) is 7.98. The molecule has 1 aromatic carbocycles. The van der Waals surface area contributed by atoms with Crippen molar-refractivity contribution in [2.24, 2.45) is 0 Å². The third-order valence-corrected chi connectivity index (χ3v) is 5.68. The fourth-order valence-corrected chi connectivity index (χ4v) is 4.05. The summed E-state index contributed by atoms with van der Waals surface area (Å²) >= 11 is 0. The van der Waals surface area contributed by atoms with E-state index in [1.54, 1.807) is 34.3 Å². The summed E-state index contributed by atoms with van der Waals surface area (Å²) in [7, 11) is 0.